The van der Waals surface area contributed by atoms with Crippen molar-refractivity contribution in [3.05, 3.63) is 35.3 Å². The highest BCUT2D eigenvalue weighted by Crippen LogP contribution is 2.22. The average Bonchev–Trinajstić information content (AvgIpc) is 2.64. The highest BCUT2D eigenvalue weighted by molar-refractivity contribution is 7.94. The van der Waals surface area contributed by atoms with Gasteiger partial charge in [0.25, 0.3) is 10.0 Å². The molecule has 0 spiro atoms. The Morgan fingerprint density at radius 2 is 1.79 bits per heavy atom. The number of carbonyl (C=O) groups is 1. The van der Waals surface area contributed by atoms with Crippen LogP contribution in [0.4, 0.5) is 10.7 Å². The number of nitrogens with zero attached hydrogens (tertiary/aromatic N) is 3. The number of sulfone groups is 1. The third-order valence-corrected chi connectivity index (χ3v) is 6.96. The van der Waals surface area contributed by atoms with Gasteiger partial charge in [0.05, 0.1) is 17.8 Å². The smallest absolute Gasteiger partial charge is 0.404 e. The molecule has 2 aromatic rings. The summed E-state index contributed by atoms with van der Waals surface area (Å²) in [6, 6.07) is 3.16. The quantitative estimate of drug-likeness (QED) is 0.443. The second-order valence-corrected chi connectivity index (χ2v) is 9.43. The molecule has 0 radical (unpaired) electrons. The van der Waals surface area contributed by atoms with Gasteiger partial charge >= 0.3 is 18.0 Å². The summed E-state index contributed by atoms with van der Waals surface area (Å²) < 4.78 is 56.4. The monoisotopic (exact) mass is 445 g/mol. The van der Waals surface area contributed by atoms with Gasteiger partial charge in [-0.3, -0.25) is 0 Å². The molecule has 0 saturated carbocycles. The van der Waals surface area contributed by atoms with Gasteiger partial charge in [0.15, 0.2) is 9.84 Å². The molecule has 12 nitrogen and oxygen atoms in total. The number of ether oxygens (including phenoxy) is 1. The van der Waals surface area contributed by atoms with Crippen LogP contribution in [0.5, 0.6) is 6.01 Å². The Bertz CT molecular complexity index is 1130. The molecule has 0 aliphatic heterocycles. The molecule has 2 N–H and O–H groups in total. The number of urea groups is 1. The molecule has 0 saturated heterocycles. The lowest BCUT2D eigenvalue weighted by Crippen LogP contribution is -2.41. The Hall–Kier alpha value is -3.00. The lowest BCUT2D eigenvalue weighted by atomic mass is 10.4. The Balaban J connectivity index is 2.34. The fourth-order valence-electron chi connectivity index (χ4n) is 2.32. The lowest BCUT2D eigenvalue weighted by molar-refractivity contribution is -0.603. The number of aryl methyl sites for hydroxylation is 1. The number of anilines is 1. The molecule has 1 aromatic heterocycles. The summed E-state index contributed by atoms with van der Waals surface area (Å²) in [6.07, 6.45) is 0.281. The molecule has 2 rings (SSSR count). The molecule has 158 valence electrons. The number of methoxy groups -OCH3 is 1. The van der Waals surface area contributed by atoms with Gasteiger partial charge in [0, 0.05) is 6.92 Å². The van der Waals surface area contributed by atoms with Crippen LogP contribution >= 0.6 is 0 Å². The lowest BCUT2D eigenvalue weighted by Gasteiger charge is -2.13. The number of hydrogen-bond donors (Lipinski definition) is 2. The number of benzene rings is 1. The van der Waals surface area contributed by atoms with Crippen molar-refractivity contribution in [3.8, 4) is 6.01 Å². The maximum absolute atomic E-state index is 12.6. The van der Waals surface area contributed by atoms with Crippen molar-refractivity contribution in [3.63, 3.8) is 0 Å². The van der Waals surface area contributed by atoms with Crippen LogP contribution in [0.3, 0.4) is 0 Å². The van der Waals surface area contributed by atoms with Gasteiger partial charge in [-0.2, -0.15) is 0 Å². The van der Waals surface area contributed by atoms with Gasteiger partial charge in [-0.15, -0.1) is 0 Å². The zero-order valence-corrected chi connectivity index (χ0v) is 17.4. The largest absolute Gasteiger partial charge is 0.752 e. The number of amides is 2. The highest BCUT2D eigenvalue weighted by atomic mass is 32.2. The second kappa shape index (κ2) is 8.57. The first-order valence-corrected chi connectivity index (χ1v) is 11.3. The topological polar surface area (TPSA) is 171 Å². The molecule has 0 bridgehead atoms. The molecule has 0 atom stereocenters. The summed E-state index contributed by atoms with van der Waals surface area (Å²) in [5.41, 5.74) is 0. The van der Waals surface area contributed by atoms with Crippen LogP contribution in [0.1, 0.15) is 19.2 Å². The van der Waals surface area contributed by atoms with Crippen LogP contribution in [0.2, 0.25) is 0 Å². The van der Waals surface area contributed by atoms with Gasteiger partial charge in [0.1, 0.15) is 4.90 Å². The molecule has 1 aromatic carbocycles. The van der Waals surface area contributed by atoms with E-state index in [-0.39, 0.29) is 22.7 Å². The van der Waals surface area contributed by atoms with E-state index in [0.29, 0.717) is 0 Å². The van der Waals surface area contributed by atoms with Gasteiger partial charge in [-0.1, -0.05) is 29.0 Å². The summed E-state index contributed by atoms with van der Waals surface area (Å²) in [4.78, 5) is 18.5. The van der Waals surface area contributed by atoms with E-state index in [2.05, 4.69) is 9.97 Å². The maximum atomic E-state index is 12.6. The minimum absolute atomic E-state index is 0.0544. The van der Waals surface area contributed by atoms with Crippen LogP contribution in [-0.4, -0.2) is 45.7 Å². The van der Waals surface area contributed by atoms with E-state index in [1.165, 1.54) is 26.2 Å². The van der Waals surface area contributed by atoms with Crippen molar-refractivity contribution in [1.82, 2.24) is 14.7 Å². The number of sulfonamides is 1. The molecule has 0 aliphatic carbocycles. The van der Waals surface area contributed by atoms with E-state index in [1.54, 1.807) is 11.6 Å². The molecule has 14 heteroatoms. The van der Waals surface area contributed by atoms with Crippen molar-refractivity contribution in [1.29, 1.82) is 0 Å². The number of rotatable bonds is 7. The molecule has 29 heavy (non-hydrogen) atoms. The van der Waals surface area contributed by atoms with Crippen molar-refractivity contribution < 1.29 is 31.1 Å². The van der Waals surface area contributed by atoms with Crippen molar-refractivity contribution >= 4 is 31.8 Å². The van der Waals surface area contributed by atoms with Gasteiger partial charge in [-0.25, -0.2) is 36.4 Å². The molecule has 0 unspecified atom stereocenters. The standard InChI is InChI=1S/C15H19N5O7S2/c1-4-9-28(23,24)11-7-5-6-8-12(11)29(25,26)19-14(21)18-13-16-10(2)17-15(27-3)20(13)22/h5-8H,4,9H2,1-3H3,(H2,16,17,18,19,21). The fourth-order valence-corrected chi connectivity index (χ4v) is 5.44. The van der Waals surface area contributed by atoms with E-state index >= 15 is 0 Å². The Labute approximate surface area is 167 Å². The minimum Gasteiger partial charge on any atom is -0.752 e. The summed E-state index contributed by atoms with van der Waals surface area (Å²) in [5.74, 6) is -0.751. The van der Waals surface area contributed by atoms with Gasteiger partial charge in [-0.05, 0) is 18.6 Å². The van der Waals surface area contributed by atoms with Crippen LogP contribution < -0.4 is 19.5 Å². The SMILES string of the molecule is CCCS(=O)(=O)c1ccccc1S(=O)(=O)NC(=O)Nc1nc(C)nc(OC)[n+]1[O-]. The molecular weight excluding hydrogens is 426 g/mol. The third-order valence-electron chi connectivity index (χ3n) is 3.47. The average molecular weight is 445 g/mol. The van der Waals surface area contributed by atoms with Crippen LogP contribution in [0.15, 0.2) is 34.1 Å². The second-order valence-electron chi connectivity index (χ2n) is 5.70. The van der Waals surface area contributed by atoms with Crippen LogP contribution in [0.25, 0.3) is 0 Å². The predicted octanol–water partition coefficient (Wildman–Crippen LogP) is 0.121. The summed E-state index contributed by atoms with van der Waals surface area (Å²) in [6.45, 7) is 3.06. The van der Waals surface area contributed by atoms with Crippen molar-refractivity contribution in [2.45, 2.75) is 30.1 Å². The summed E-state index contributed by atoms with van der Waals surface area (Å²) >= 11 is 0. The highest BCUT2D eigenvalue weighted by Gasteiger charge is 2.28. The number of carbonyl (C=O) groups excluding carboxylic acids is 1. The first-order chi connectivity index (χ1) is 13.5. The fraction of sp³-hybridized carbons (Fsp3) is 0.333. The van der Waals surface area contributed by atoms with Crippen LogP contribution in [0, 0.1) is 12.1 Å². The molecule has 0 fully saturated rings. The van der Waals surface area contributed by atoms with E-state index in [4.69, 9.17) is 4.74 Å². The summed E-state index contributed by atoms with van der Waals surface area (Å²) in [5, 5.41) is 14.0. The van der Waals surface area contributed by atoms with E-state index in [1.807, 2.05) is 5.32 Å². The van der Waals surface area contributed by atoms with Gasteiger partial charge in [0.2, 0.25) is 5.82 Å². The maximum Gasteiger partial charge on any atom is 0.404 e. The molecule has 0 aliphatic rings. The van der Waals surface area contributed by atoms with Crippen molar-refractivity contribution in [2.24, 2.45) is 0 Å². The Morgan fingerprint density at radius 3 is 2.38 bits per heavy atom. The molecule has 2 amide bonds. The zero-order valence-electron chi connectivity index (χ0n) is 15.7. The third kappa shape index (κ3) is 5.08. The minimum atomic E-state index is -4.58. The zero-order chi connectivity index (χ0) is 21.8. The first-order valence-electron chi connectivity index (χ1n) is 8.19. The van der Waals surface area contributed by atoms with E-state index in [0.717, 1.165) is 12.1 Å². The predicted molar refractivity (Wildman–Crippen MR) is 100 cm³/mol. The molecular formula is C15H19N5O7S2. The van der Waals surface area contributed by atoms with E-state index in [9.17, 15) is 26.8 Å². The number of hydrogen-bond acceptors (Lipinski definition) is 9. The number of aromatic nitrogens is 3. The molecule has 1 heterocycles. The normalized spacial score (nSPS) is 11.7. The summed E-state index contributed by atoms with van der Waals surface area (Å²) in [7, 11) is -7.28. The number of nitrogens with one attached hydrogen (secondary N) is 2. The Kier molecular flexibility index (Phi) is 6.58. The van der Waals surface area contributed by atoms with E-state index < -0.39 is 47.6 Å². The van der Waals surface area contributed by atoms with Crippen molar-refractivity contribution in [2.75, 3.05) is 18.2 Å². The first kappa shape index (κ1) is 22.3. The Morgan fingerprint density at radius 1 is 1.17 bits per heavy atom. The van der Waals surface area contributed by atoms with Crippen LogP contribution in [-0.2, 0) is 19.9 Å². The van der Waals surface area contributed by atoms with Gasteiger partial charge < -0.3 is 9.94 Å².